The molecule has 0 radical (unpaired) electrons. The number of nitrogens with zero attached hydrogens (tertiary/aromatic N) is 1. The second-order valence-corrected chi connectivity index (χ2v) is 5.80. The number of hydrogen-bond donors (Lipinski definition) is 1. The first kappa shape index (κ1) is 14.9. The van der Waals surface area contributed by atoms with Crippen molar-refractivity contribution in [2.24, 2.45) is 0 Å². The predicted octanol–water partition coefficient (Wildman–Crippen LogP) is 2.06. The summed E-state index contributed by atoms with van der Waals surface area (Å²) in [6.45, 7) is 7.34. The second kappa shape index (κ2) is 6.75. The highest BCUT2D eigenvalue weighted by Gasteiger charge is 2.32. The lowest BCUT2D eigenvalue weighted by atomic mass is 9.99. The molecule has 20 heavy (non-hydrogen) atoms. The number of piperazine rings is 1. The lowest BCUT2D eigenvalue weighted by Crippen LogP contribution is -2.59. The van der Waals surface area contributed by atoms with E-state index in [2.05, 4.69) is 19.2 Å². The predicted molar refractivity (Wildman–Crippen MR) is 79.8 cm³/mol. The lowest BCUT2D eigenvalue weighted by molar-refractivity contribution is -0.137. The molecule has 0 unspecified atom stereocenters. The number of rotatable bonds is 5. The van der Waals surface area contributed by atoms with E-state index < -0.39 is 0 Å². The Morgan fingerprint density at radius 2 is 2.10 bits per heavy atom. The van der Waals surface area contributed by atoms with Crippen LogP contribution in [0.2, 0.25) is 0 Å². The summed E-state index contributed by atoms with van der Waals surface area (Å²) in [5, 5.41) is 3.33. The minimum atomic E-state index is -0.0877. The number of para-hydroxylation sites is 1. The van der Waals surface area contributed by atoms with Gasteiger partial charge in [0.1, 0.15) is 5.75 Å². The van der Waals surface area contributed by atoms with Crippen LogP contribution < -0.4 is 10.1 Å². The highest BCUT2D eigenvalue weighted by Crippen LogP contribution is 2.18. The number of nitrogens with one attached hydrogen (secondary N) is 1. The van der Waals surface area contributed by atoms with Gasteiger partial charge < -0.3 is 15.0 Å². The molecule has 0 aromatic heterocycles. The minimum Gasteiger partial charge on any atom is -0.494 e. The Labute approximate surface area is 121 Å². The largest absolute Gasteiger partial charge is 0.494 e. The van der Waals surface area contributed by atoms with Crippen LogP contribution in [0.5, 0.6) is 5.75 Å². The Balaban J connectivity index is 1.72. The van der Waals surface area contributed by atoms with E-state index in [0.717, 1.165) is 31.8 Å². The Hall–Kier alpha value is -1.55. The molecule has 2 rings (SSSR count). The third-order valence-electron chi connectivity index (χ3n) is 3.65. The van der Waals surface area contributed by atoms with Crippen molar-refractivity contribution in [2.75, 3.05) is 26.2 Å². The van der Waals surface area contributed by atoms with E-state index in [0.29, 0.717) is 13.0 Å². The van der Waals surface area contributed by atoms with Crippen molar-refractivity contribution < 1.29 is 9.53 Å². The highest BCUT2D eigenvalue weighted by atomic mass is 16.5. The molecule has 1 fully saturated rings. The van der Waals surface area contributed by atoms with Crippen LogP contribution in [0.1, 0.15) is 26.7 Å². The number of hydrogen-bond acceptors (Lipinski definition) is 3. The molecule has 0 saturated carbocycles. The van der Waals surface area contributed by atoms with Crippen LogP contribution in [0, 0.1) is 0 Å². The molecule has 1 aromatic carbocycles. The number of carbonyl (C=O) groups is 1. The van der Waals surface area contributed by atoms with Gasteiger partial charge in [0.2, 0.25) is 5.91 Å². The molecule has 1 saturated heterocycles. The molecule has 1 aliphatic rings. The van der Waals surface area contributed by atoms with Gasteiger partial charge in [-0.2, -0.15) is 0 Å². The van der Waals surface area contributed by atoms with Crippen LogP contribution >= 0.6 is 0 Å². The standard InChI is InChI=1S/C16H24N2O2/c1-16(2)13-17-10-11-18(16)15(19)9-6-12-20-14-7-4-3-5-8-14/h3-5,7-8,17H,6,9-13H2,1-2H3. The third kappa shape index (κ3) is 3.97. The van der Waals surface area contributed by atoms with Gasteiger partial charge in [0.15, 0.2) is 0 Å². The van der Waals surface area contributed by atoms with Crippen LogP contribution in [0.15, 0.2) is 30.3 Å². The quantitative estimate of drug-likeness (QED) is 0.837. The van der Waals surface area contributed by atoms with E-state index in [1.807, 2.05) is 35.2 Å². The zero-order valence-electron chi connectivity index (χ0n) is 12.4. The Morgan fingerprint density at radius 1 is 1.35 bits per heavy atom. The third-order valence-corrected chi connectivity index (χ3v) is 3.65. The van der Waals surface area contributed by atoms with Gasteiger partial charge in [0.05, 0.1) is 6.61 Å². The fourth-order valence-corrected chi connectivity index (χ4v) is 2.51. The van der Waals surface area contributed by atoms with E-state index in [1.54, 1.807) is 0 Å². The monoisotopic (exact) mass is 276 g/mol. The molecule has 0 aliphatic carbocycles. The van der Waals surface area contributed by atoms with Crippen LogP contribution in [0.25, 0.3) is 0 Å². The Morgan fingerprint density at radius 3 is 2.80 bits per heavy atom. The van der Waals surface area contributed by atoms with Crippen molar-refractivity contribution in [1.29, 1.82) is 0 Å². The van der Waals surface area contributed by atoms with E-state index in [-0.39, 0.29) is 11.4 Å². The SMILES string of the molecule is CC1(C)CNCCN1C(=O)CCCOc1ccccc1. The molecule has 110 valence electrons. The van der Waals surface area contributed by atoms with Gasteiger partial charge in [-0.25, -0.2) is 0 Å². The summed E-state index contributed by atoms with van der Waals surface area (Å²) in [7, 11) is 0. The molecule has 1 N–H and O–H groups in total. The van der Waals surface area contributed by atoms with Crippen LogP contribution in [0.4, 0.5) is 0 Å². The number of carbonyl (C=O) groups excluding carboxylic acids is 1. The van der Waals surface area contributed by atoms with Crippen LogP contribution in [0.3, 0.4) is 0 Å². The first-order valence-corrected chi connectivity index (χ1v) is 7.29. The van der Waals surface area contributed by atoms with Crippen molar-refractivity contribution >= 4 is 5.91 Å². The van der Waals surface area contributed by atoms with Gasteiger partial charge in [-0.1, -0.05) is 18.2 Å². The summed E-state index contributed by atoms with van der Waals surface area (Å²) in [4.78, 5) is 14.3. The molecule has 1 heterocycles. The summed E-state index contributed by atoms with van der Waals surface area (Å²) >= 11 is 0. The smallest absolute Gasteiger partial charge is 0.223 e. The highest BCUT2D eigenvalue weighted by molar-refractivity contribution is 5.77. The maximum absolute atomic E-state index is 12.3. The van der Waals surface area contributed by atoms with Gasteiger partial charge >= 0.3 is 0 Å². The average molecular weight is 276 g/mol. The zero-order chi connectivity index (χ0) is 14.4. The first-order valence-electron chi connectivity index (χ1n) is 7.29. The van der Waals surface area contributed by atoms with Crippen molar-refractivity contribution in [3.8, 4) is 5.75 Å². The Kier molecular flexibility index (Phi) is 5.01. The molecular formula is C16H24N2O2. The molecule has 1 amide bonds. The maximum atomic E-state index is 12.3. The number of ether oxygens (including phenoxy) is 1. The van der Waals surface area contributed by atoms with Gasteiger partial charge in [0.25, 0.3) is 0 Å². The molecule has 4 nitrogen and oxygen atoms in total. The van der Waals surface area contributed by atoms with E-state index >= 15 is 0 Å². The Bertz CT molecular complexity index is 431. The average Bonchev–Trinajstić information content (AvgIpc) is 2.44. The van der Waals surface area contributed by atoms with E-state index in [4.69, 9.17) is 4.74 Å². The van der Waals surface area contributed by atoms with Crippen molar-refractivity contribution in [3.63, 3.8) is 0 Å². The van der Waals surface area contributed by atoms with Gasteiger partial charge in [-0.05, 0) is 32.4 Å². The summed E-state index contributed by atoms with van der Waals surface area (Å²) in [6.07, 6.45) is 1.31. The molecule has 0 atom stereocenters. The molecule has 1 aliphatic heterocycles. The van der Waals surface area contributed by atoms with Crippen LogP contribution in [-0.4, -0.2) is 42.6 Å². The summed E-state index contributed by atoms with van der Waals surface area (Å²) < 4.78 is 5.61. The zero-order valence-corrected chi connectivity index (χ0v) is 12.4. The summed E-state index contributed by atoms with van der Waals surface area (Å²) in [5.74, 6) is 1.09. The molecule has 1 aromatic rings. The van der Waals surface area contributed by atoms with Crippen LogP contribution in [-0.2, 0) is 4.79 Å². The first-order chi connectivity index (χ1) is 9.59. The number of benzene rings is 1. The molecule has 4 heteroatoms. The fraction of sp³-hybridized carbons (Fsp3) is 0.562. The summed E-state index contributed by atoms with van der Waals surface area (Å²) in [6, 6.07) is 9.72. The number of amides is 1. The lowest BCUT2D eigenvalue weighted by Gasteiger charge is -2.43. The van der Waals surface area contributed by atoms with Crippen molar-refractivity contribution in [2.45, 2.75) is 32.2 Å². The van der Waals surface area contributed by atoms with E-state index in [1.165, 1.54) is 0 Å². The normalized spacial score (nSPS) is 17.8. The van der Waals surface area contributed by atoms with Crippen molar-refractivity contribution in [3.05, 3.63) is 30.3 Å². The maximum Gasteiger partial charge on any atom is 0.223 e. The van der Waals surface area contributed by atoms with Gasteiger partial charge in [-0.15, -0.1) is 0 Å². The minimum absolute atomic E-state index is 0.0877. The fourth-order valence-electron chi connectivity index (χ4n) is 2.51. The summed E-state index contributed by atoms with van der Waals surface area (Å²) in [5.41, 5.74) is -0.0877. The topological polar surface area (TPSA) is 41.6 Å². The van der Waals surface area contributed by atoms with Gasteiger partial charge in [0, 0.05) is 31.6 Å². The van der Waals surface area contributed by atoms with E-state index in [9.17, 15) is 4.79 Å². The molecular weight excluding hydrogens is 252 g/mol. The van der Waals surface area contributed by atoms with Gasteiger partial charge in [-0.3, -0.25) is 4.79 Å². The molecule has 0 bridgehead atoms. The second-order valence-electron chi connectivity index (χ2n) is 5.80. The van der Waals surface area contributed by atoms with Crippen molar-refractivity contribution in [1.82, 2.24) is 10.2 Å². The molecule has 0 spiro atoms.